The molecule has 0 spiro atoms. The Morgan fingerprint density at radius 2 is 1.19 bits per heavy atom. The number of allylic oxidation sites excluding steroid dienone is 2. The van der Waals surface area contributed by atoms with Crippen LogP contribution in [0.15, 0.2) is 59.7 Å². The van der Waals surface area contributed by atoms with Crippen LogP contribution in [-0.4, -0.2) is 13.2 Å². The van der Waals surface area contributed by atoms with Gasteiger partial charge in [0, 0.05) is 0 Å². The normalized spacial score (nSPS) is 24.2. The molecular weight excluding hydrogens is 411 g/mol. The minimum atomic E-state index is -3.63. The average molecular weight is 438 g/mol. The monoisotopic (exact) mass is 436 g/mol. The summed E-state index contributed by atoms with van der Waals surface area (Å²) in [4.78, 5) is 0. The van der Waals surface area contributed by atoms with Gasteiger partial charge in [0.2, 0.25) is 0 Å². The fraction of sp³-hybridized carbons (Fsp3) is 0.333. The molecule has 2 unspecified atom stereocenters. The zero-order valence-corrected chi connectivity index (χ0v) is 18.5. The van der Waals surface area contributed by atoms with Gasteiger partial charge in [-0.05, 0) is 0 Å². The summed E-state index contributed by atoms with van der Waals surface area (Å²) in [5.74, 6) is 0. The molecule has 0 N–H and O–H groups in total. The van der Waals surface area contributed by atoms with Gasteiger partial charge in [0.05, 0.1) is 0 Å². The van der Waals surface area contributed by atoms with E-state index in [0.717, 1.165) is 26.1 Å². The van der Waals surface area contributed by atoms with Crippen molar-refractivity contribution in [1.29, 1.82) is 0 Å². The molecule has 138 valence electrons. The predicted molar refractivity (Wildman–Crippen MR) is 107 cm³/mol. The van der Waals surface area contributed by atoms with Crippen LogP contribution in [0, 0.1) is 0 Å². The van der Waals surface area contributed by atoms with Gasteiger partial charge in [-0.2, -0.15) is 0 Å². The van der Waals surface area contributed by atoms with Crippen molar-refractivity contribution >= 4 is 12.2 Å². The van der Waals surface area contributed by atoms with Gasteiger partial charge in [0.1, 0.15) is 0 Å². The van der Waals surface area contributed by atoms with Crippen LogP contribution >= 0.6 is 0 Å². The van der Waals surface area contributed by atoms with Crippen molar-refractivity contribution in [3.05, 3.63) is 81.9 Å². The van der Waals surface area contributed by atoms with Gasteiger partial charge in [-0.15, -0.1) is 0 Å². The van der Waals surface area contributed by atoms with Crippen molar-refractivity contribution in [3.63, 3.8) is 0 Å². The molecule has 0 aromatic heterocycles. The second-order valence-corrected chi connectivity index (χ2v) is 15.5. The van der Waals surface area contributed by atoms with E-state index in [4.69, 9.17) is 5.63 Å². The van der Waals surface area contributed by atoms with E-state index in [9.17, 15) is 0 Å². The first-order chi connectivity index (χ1) is 13.3. The summed E-state index contributed by atoms with van der Waals surface area (Å²) in [6, 6.07) is 17.8. The number of rotatable bonds is 4. The first-order valence-corrected chi connectivity index (χ1v) is 15.0. The van der Waals surface area contributed by atoms with Crippen molar-refractivity contribution in [2.24, 2.45) is 0 Å². The van der Waals surface area contributed by atoms with E-state index >= 15 is 0 Å². The third-order valence-corrected chi connectivity index (χ3v) is 17.2. The van der Waals surface area contributed by atoms with E-state index < -0.39 is 21.1 Å². The summed E-state index contributed by atoms with van der Waals surface area (Å²) >= 11 is -3.63. The van der Waals surface area contributed by atoms with Gasteiger partial charge in [-0.25, -0.2) is 0 Å². The molecule has 27 heavy (non-hydrogen) atoms. The molecule has 0 amide bonds. The molecular formula is C24H26O2Zr. The van der Waals surface area contributed by atoms with E-state index in [1.54, 1.807) is 11.1 Å². The molecule has 1 aliphatic heterocycles. The minimum absolute atomic E-state index is 0.359. The Morgan fingerprint density at radius 1 is 0.741 bits per heavy atom. The third kappa shape index (κ3) is 2.63. The van der Waals surface area contributed by atoms with Crippen LogP contribution in [0.2, 0.25) is 0 Å². The number of fused-ring (bicyclic) bond motifs is 6. The summed E-state index contributed by atoms with van der Waals surface area (Å²) < 4.78 is 14.4. The van der Waals surface area contributed by atoms with Gasteiger partial charge in [0.25, 0.3) is 0 Å². The summed E-state index contributed by atoms with van der Waals surface area (Å²) in [5.41, 5.74) is 8.71. The van der Waals surface area contributed by atoms with Crippen LogP contribution < -0.4 is 0 Å². The fourth-order valence-corrected chi connectivity index (χ4v) is 17.4. The standard InChI is InChI=1S/C20H16.2C2H5O.Zr/c1-2-6-18-12-15(11-17(18)5-1)9-10-16-13-19-7-3-4-8-20(19)14-16;2*1-2-3;/h1-8,11-14H,9-10H2;2*2H2,1H3;/q;2*-1;+2. The van der Waals surface area contributed by atoms with E-state index in [0.29, 0.717) is 7.25 Å². The van der Waals surface area contributed by atoms with Crippen molar-refractivity contribution in [2.45, 2.75) is 33.9 Å². The van der Waals surface area contributed by atoms with E-state index in [2.05, 4.69) is 74.5 Å². The summed E-state index contributed by atoms with van der Waals surface area (Å²) in [5, 5.41) is 0. The Balaban J connectivity index is 1.76. The maximum absolute atomic E-state index is 6.84. The molecule has 3 heteroatoms. The first-order valence-electron chi connectivity index (χ1n) is 10.1. The van der Waals surface area contributed by atoms with Gasteiger partial charge < -0.3 is 0 Å². The summed E-state index contributed by atoms with van der Waals surface area (Å²) in [6.45, 7) is 5.73. The molecule has 1 heterocycles. The molecule has 0 radical (unpaired) electrons. The Bertz CT molecular complexity index is 865. The number of hydrogen-bond donors (Lipinski definition) is 0. The SMILES string of the molecule is CC[O][Zr]1([O]CC)[CH]2C(=Cc3ccccc32)CCC2=Cc3ccccc3[CH]21. The third-order valence-electron chi connectivity index (χ3n) is 6.28. The van der Waals surface area contributed by atoms with Crippen LogP contribution in [0.1, 0.15) is 56.2 Å². The molecule has 2 aromatic rings. The maximum atomic E-state index is 6.84. The van der Waals surface area contributed by atoms with Gasteiger partial charge in [-0.3, -0.25) is 0 Å². The second-order valence-electron chi connectivity index (χ2n) is 7.65. The Hall–Kier alpha value is -1.28. The van der Waals surface area contributed by atoms with E-state index in [1.165, 1.54) is 22.3 Å². The molecule has 1 saturated heterocycles. The van der Waals surface area contributed by atoms with Gasteiger partial charge >= 0.3 is 168 Å². The number of benzene rings is 2. The van der Waals surface area contributed by atoms with Crippen molar-refractivity contribution in [1.82, 2.24) is 0 Å². The molecule has 1 fully saturated rings. The molecule has 2 aliphatic carbocycles. The topological polar surface area (TPSA) is 18.5 Å². The Kier molecular flexibility index (Phi) is 4.59. The fourth-order valence-electron chi connectivity index (χ4n) is 5.44. The van der Waals surface area contributed by atoms with Crippen LogP contribution in [0.3, 0.4) is 0 Å². The second kappa shape index (κ2) is 6.96. The molecule has 0 saturated carbocycles. The van der Waals surface area contributed by atoms with Gasteiger partial charge in [-0.1, -0.05) is 0 Å². The van der Waals surface area contributed by atoms with Crippen molar-refractivity contribution < 1.29 is 26.8 Å². The molecule has 2 aromatic carbocycles. The first kappa shape index (κ1) is 17.8. The van der Waals surface area contributed by atoms with Crippen LogP contribution in [0.5, 0.6) is 0 Å². The quantitative estimate of drug-likeness (QED) is 0.574. The molecule has 3 aliphatic rings. The van der Waals surface area contributed by atoms with Gasteiger partial charge in [0.15, 0.2) is 0 Å². The zero-order chi connectivity index (χ0) is 18.4. The van der Waals surface area contributed by atoms with Crippen LogP contribution in [0.25, 0.3) is 12.2 Å². The summed E-state index contributed by atoms with van der Waals surface area (Å²) in [6.07, 6.45) is 7.09. The van der Waals surface area contributed by atoms with Crippen LogP contribution in [0.4, 0.5) is 0 Å². The van der Waals surface area contributed by atoms with Crippen molar-refractivity contribution in [2.75, 3.05) is 13.2 Å². The summed E-state index contributed by atoms with van der Waals surface area (Å²) in [7, 11) is 0. The molecule has 2 nitrogen and oxygen atoms in total. The van der Waals surface area contributed by atoms with E-state index in [1.807, 2.05) is 0 Å². The Labute approximate surface area is 167 Å². The molecule has 0 bridgehead atoms. The van der Waals surface area contributed by atoms with E-state index in [-0.39, 0.29) is 0 Å². The zero-order valence-electron chi connectivity index (χ0n) is 16.1. The average Bonchev–Trinajstić information content (AvgIpc) is 3.21. The van der Waals surface area contributed by atoms with Crippen LogP contribution in [-0.2, 0) is 26.8 Å². The number of hydrogen-bond acceptors (Lipinski definition) is 2. The van der Waals surface area contributed by atoms with Crippen molar-refractivity contribution in [3.8, 4) is 0 Å². The molecule has 5 rings (SSSR count). The molecule has 2 atom stereocenters. The Morgan fingerprint density at radius 3 is 1.63 bits per heavy atom. The predicted octanol–water partition coefficient (Wildman–Crippen LogP) is 6.11.